The van der Waals surface area contributed by atoms with Crippen molar-refractivity contribution in [2.75, 3.05) is 45.5 Å². The molecule has 23 heavy (non-hydrogen) atoms. The van der Waals surface area contributed by atoms with E-state index in [4.69, 9.17) is 0 Å². The molecule has 1 aromatic carbocycles. The Balaban J connectivity index is 1.83. The molecule has 1 fully saturated rings. The predicted octanol–water partition coefficient (Wildman–Crippen LogP) is -0.317. The number of nitrogens with zero attached hydrogens (tertiary/aromatic N) is 2. The van der Waals surface area contributed by atoms with E-state index in [-0.39, 0.29) is 18.1 Å². The molecule has 1 aliphatic rings. The van der Waals surface area contributed by atoms with Crippen LogP contribution < -0.4 is 4.72 Å². The largest absolute Gasteiger partial charge is 0.304 e. The average Bonchev–Trinajstić information content (AvgIpc) is 2.47. The lowest BCUT2D eigenvalue weighted by molar-refractivity contribution is 0.222. The second-order valence-corrected chi connectivity index (χ2v) is 9.55. The summed E-state index contributed by atoms with van der Waals surface area (Å²) < 4.78 is 52.2. The van der Waals surface area contributed by atoms with Crippen LogP contribution in [0.1, 0.15) is 5.56 Å². The second kappa shape index (κ2) is 7.71. The minimum Gasteiger partial charge on any atom is -0.304 e. The zero-order chi connectivity index (χ0) is 16.9. The molecular formula is C14H23N3O4S2. The number of hydrogen-bond donors (Lipinski definition) is 1. The Morgan fingerprint density at radius 3 is 2.22 bits per heavy atom. The van der Waals surface area contributed by atoms with Crippen LogP contribution in [0.15, 0.2) is 30.3 Å². The smallest absolute Gasteiger partial charge is 0.215 e. The van der Waals surface area contributed by atoms with Crippen LogP contribution in [0.25, 0.3) is 0 Å². The number of nitrogens with one attached hydrogen (secondary N) is 1. The fourth-order valence-electron chi connectivity index (χ4n) is 2.37. The van der Waals surface area contributed by atoms with E-state index < -0.39 is 20.0 Å². The van der Waals surface area contributed by atoms with Gasteiger partial charge in [0.25, 0.3) is 0 Å². The Labute approximate surface area is 138 Å². The van der Waals surface area contributed by atoms with E-state index in [9.17, 15) is 16.8 Å². The van der Waals surface area contributed by atoms with Gasteiger partial charge in [-0.1, -0.05) is 30.3 Å². The predicted molar refractivity (Wildman–Crippen MR) is 89.9 cm³/mol. The quantitative estimate of drug-likeness (QED) is 0.719. The molecule has 1 aliphatic heterocycles. The van der Waals surface area contributed by atoms with Crippen LogP contribution in [0.5, 0.6) is 0 Å². The molecule has 0 saturated carbocycles. The first kappa shape index (κ1) is 18.3. The van der Waals surface area contributed by atoms with E-state index >= 15 is 0 Å². The molecule has 0 aromatic heterocycles. The molecule has 1 heterocycles. The van der Waals surface area contributed by atoms with Gasteiger partial charge in [0.05, 0.1) is 11.5 Å². The summed E-state index contributed by atoms with van der Waals surface area (Å²) in [5.74, 6) is -0.368. The van der Waals surface area contributed by atoms with Crippen molar-refractivity contribution in [1.82, 2.24) is 13.9 Å². The first-order chi connectivity index (χ1) is 10.8. The first-order valence-corrected chi connectivity index (χ1v) is 10.7. The summed E-state index contributed by atoms with van der Waals surface area (Å²) in [5.41, 5.74) is 0.668. The summed E-state index contributed by atoms with van der Waals surface area (Å²) in [6.07, 6.45) is 0. The van der Waals surface area contributed by atoms with Crippen molar-refractivity contribution in [3.05, 3.63) is 35.9 Å². The van der Waals surface area contributed by atoms with Crippen molar-refractivity contribution in [1.29, 1.82) is 0 Å². The van der Waals surface area contributed by atoms with E-state index in [1.165, 1.54) is 4.31 Å². The highest BCUT2D eigenvalue weighted by atomic mass is 32.2. The van der Waals surface area contributed by atoms with Crippen molar-refractivity contribution in [3.63, 3.8) is 0 Å². The van der Waals surface area contributed by atoms with E-state index in [1.807, 2.05) is 13.1 Å². The molecule has 0 aliphatic carbocycles. The van der Waals surface area contributed by atoms with Crippen LogP contribution in [0.4, 0.5) is 0 Å². The number of likely N-dealkylation sites (N-methyl/N-ethyl adjacent to an activating group) is 1. The number of sulfonamides is 2. The standard InChI is InChI=1S/C14H23N3O4S2/c1-16-8-10-17(11-9-16)23(20,21)12-7-15-22(18,19)13-14-5-3-2-4-6-14/h2-6,15H,7-13H2,1H3. The molecule has 130 valence electrons. The Morgan fingerprint density at radius 2 is 1.61 bits per heavy atom. The lowest BCUT2D eigenvalue weighted by Crippen LogP contribution is -2.48. The number of rotatable bonds is 7. The minimum absolute atomic E-state index is 0.107. The molecule has 1 aromatic rings. The van der Waals surface area contributed by atoms with Crippen LogP contribution in [0.3, 0.4) is 0 Å². The van der Waals surface area contributed by atoms with Gasteiger partial charge >= 0.3 is 0 Å². The number of hydrogen-bond acceptors (Lipinski definition) is 5. The van der Waals surface area contributed by atoms with Gasteiger partial charge in [-0.15, -0.1) is 0 Å². The fourth-order valence-corrected chi connectivity index (χ4v) is 4.98. The molecule has 1 N–H and O–H groups in total. The molecular weight excluding hydrogens is 338 g/mol. The highest BCUT2D eigenvalue weighted by molar-refractivity contribution is 7.89. The highest BCUT2D eigenvalue weighted by Gasteiger charge is 2.25. The monoisotopic (exact) mass is 361 g/mol. The van der Waals surface area contributed by atoms with Gasteiger partial charge in [0.15, 0.2) is 0 Å². The van der Waals surface area contributed by atoms with Crippen LogP contribution in [-0.4, -0.2) is 71.6 Å². The summed E-state index contributed by atoms with van der Waals surface area (Å²) in [5, 5.41) is 0. The van der Waals surface area contributed by atoms with Crippen LogP contribution in [0, 0.1) is 0 Å². The maximum absolute atomic E-state index is 12.2. The third-order valence-electron chi connectivity index (χ3n) is 3.74. The second-order valence-electron chi connectivity index (χ2n) is 5.66. The van der Waals surface area contributed by atoms with Crippen LogP contribution in [0.2, 0.25) is 0 Å². The summed E-state index contributed by atoms with van der Waals surface area (Å²) in [7, 11) is -5.01. The molecule has 9 heteroatoms. The van der Waals surface area contributed by atoms with Crippen molar-refractivity contribution in [2.45, 2.75) is 5.75 Å². The van der Waals surface area contributed by atoms with Crippen LogP contribution >= 0.6 is 0 Å². The van der Waals surface area contributed by atoms with Gasteiger partial charge in [-0.2, -0.15) is 4.31 Å². The lowest BCUT2D eigenvalue weighted by Gasteiger charge is -2.31. The molecule has 1 saturated heterocycles. The summed E-state index contributed by atoms with van der Waals surface area (Å²) in [6.45, 7) is 2.19. The molecule has 0 unspecified atom stereocenters. The van der Waals surface area contributed by atoms with E-state index in [0.717, 1.165) is 0 Å². The van der Waals surface area contributed by atoms with Gasteiger partial charge < -0.3 is 4.90 Å². The van der Waals surface area contributed by atoms with E-state index in [2.05, 4.69) is 9.62 Å². The maximum Gasteiger partial charge on any atom is 0.215 e. The van der Waals surface area contributed by atoms with Gasteiger partial charge in [-0.05, 0) is 12.6 Å². The Morgan fingerprint density at radius 1 is 1.00 bits per heavy atom. The maximum atomic E-state index is 12.2. The molecule has 0 atom stereocenters. The van der Waals surface area contributed by atoms with Crippen molar-refractivity contribution >= 4 is 20.0 Å². The molecule has 0 bridgehead atoms. The topological polar surface area (TPSA) is 86.8 Å². The number of benzene rings is 1. The summed E-state index contributed by atoms with van der Waals surface area (Å²) in [4.78, 5) is 2.06. The third-order valence-corrected chi connectivity index (χ3v) is 6.97. The molecule has 0 spiro atoms. The van der Waals surface area contributed by atoms with Gasteiger partial charge in [0.1, 0.15) is 0 Å². The Bertz CT molecular complexity index is 697. The fraction of sp³-hybridized carbons (Fsp3) is 0.571. The van der Waals surface area contributed by atoms with Crippen LogP contribution in [-0.2, 0) is 25.8 Å². The molecule has 7 nitrogen and oxygen atoms in total. The van der Waals surface area contributed by atoms with Crippen molar-refractivity contribution in [2.24, 2.45) is 0 Å². The van der Waals surface area contributed by atoms with Crippen molar-refractivity contribution < 1.29 is 16.8 Å². The third kappa shape index (κ3) is 5.85. The Kier molecular flexibility index (Phi) is 6.15. The normalized spacial score (nSPS) is 18.1. The zero-order valence-corrected chi connectivity index (χ0v) is 14.8. The SMILES string of the molecule is CN1CCN(S(=O)(=O)CCNS(=O)(=O)Cc2ccccc2)CC1. The minimum atomic E-state index is -3.54. The van der Waals surface area contributed by atoms with E-state index in [0.29, 0.717) is 31.7 Å². The van der Waals surface area contributed by atoms with Gasteiger partial charge in [-0.3, -0.25) is 0 Å². The molecule has 2 rings (SSSR count). The highest BCUT2D eigenvalue weighted by Crippen LogP contribution is 2.07. The van der Waals surface area contributed by atoms with Gasteiger partial charge in [0, 0.05) is 32.7 Å². The van der Waals surface area contributed by atoms with E-state index in [1.54, 1.807) is 24.3 Å². The zero-order valence-electron chi connectivity index (χ0n) is 13.2. The van der Waals surface area contributed by atoms with Gasteiger partial charge in [-0.25, -0.2) is 21.6 Å². The Hall–Kier alpha value is -1.00. The van der Waals surface area contributed by atoms with Gasteiger partial charge in [0.2, 0.25) is 20.0 Å². The van der Waals surface area contributed by atoms with Crippen molar-refractivity contribution in [3.8, 4) is 0 Å². The lowest BCUT2D eigenvalue weighted by atomic mass is 10.2. The first-order valence-electron chi connectivity index (χ1n) is 7.46. The summed E-state index contributed by atoms with van der Waals surface area (Å²) in [6, 6.07) is 8.79. The molecule has 0 radical (unpaired) electrons. The number of piperazine rings is 1. The average molecular weight is 361 g/mol. The summed E-state index contributed by atoms with van der Waals surface area (Å²) >= 11 is 0. The molecule has 0 amide bonds.